The maximum Gasteiger partial charge on any atom is 0.339 e. The highest BCUT2D eigenvalue weighted by Crippen LogP contribution is 2.40. The quantitative estimate of drug-likeness (QED) is 0.690. The Hall–Kier alpha value is -2.61. The van der Waals surface area contributed by atoms with Crippen molar-refractivity contribution in [2.75, 3.05) is 38.7 Å². The Kier molecular flexibility index (Phi) is 7.90. The van der Waals surface area contributed by atoms with Gasteiger partial charge in [-0.1, -0.05) is 12.1 Å². The number of benzene rings is 1. The Morgan fingerprint density at radius 3 is 2.58 bits per heavy atom. The number of urea groups is 1. The summed E-state index contributed by atoms with van der Waals surface area (Å²) in [5, 5.41) is 2.80. The fraction of sp³-hybridized carbons (Fsp3) is 0.609. The number of nitrogens with one attached hydrogen (secondary N) is 1. The third kappa shape index (κ3) is 5.55. The number of anilines is 1. The van der Waals surface area contributed by atoms with E-state index in [4.69, 9.17) is 14.2 Å². The first-order valence-electron chi connectivity index (χ1n) is 11.0. The molecule has 2 heterocycles. The third-order valence-corrected chi connectivity index (χ3v) is 6.18. The molecule has 170 valence electrons. The van der Waals surface area contributed by atoms with Gasteiger partial charge in [0.1, 0.15) is 0 Å². The molecule has 3 rings (SSSR count). The molecular weight excluding hydrogens is 400 g/mol. The van der Waals surface area contributed by atoms with Gasteiger partial charge in [0.2, 0.25) is 0 Å². The predicted molar refractivity (Wildman–Crippen MR) is 115 cm³/mol. The second-order valence-corrected chi connectivity index (χ2v) is 8.15. The van der Waals surface area contributed by atoms with Crippen LogP contribution in [0.5, 0.6) is 0 Å². The van der Waals surface area contributed by atoms with Crippen LogP contribution >= 0.6 is 0 Å². The van der Waals surface area contributed by atoms with E-state index < -0.39 is 11.4 Å². The van der Waals surface area contributed by atoms with Crippen LogP contribution in [0.1, 0.15) is 55.8 Å². The fourth-order valence-corrected chi connectivity index (χ4v) is 4.39. The van der Waals surface area contributed by atoms with E-state index in [1.165, 1.54) is 7.11 Å². The van der Waals surface area contributed by atoms with E-state index in [1.807, 2.05) is 6.92 Å². The van der Waals surface area contributed by atoms with Gasteiger partial charge in [-0.2, -0.15) is 0 Å². The van der Waals surface area contributed by atoms with Gasteiger partial charge in [0.25, 0.3) is 0 Å². The molecule has 2 aliphatic rings. The summed E-state index contributed by atoms with van der Waals surface area (Å²) in [7, 11) is 1.30. The Morgan fingerprint density at radius 2 is 1.94 bits per heavy atom. The van der Waals surface area contributed by atoms with Crippen molar-refractivity contribution < 1.29 is 28.6 Å². The number of nitrogens with zero attached hydrogens (tertiary/aromatic N) is 1. The van der Waals surface area contributed by atoms with Gasteiger partial charge in [-0.25, -0.2) is 9.59 Å². The number of methoxy groups -OCH3 is 1. The lowest BCUT2D eigenvalue weighted by atomic mass is 9.73. The van der Waals surface area contributed by atoms with Crippen molar-refractivity contribution in [2.45, 2.75) is 51.6 Å². The number of hydrogen-bond acceptors (Lipinski definition) is 6. The third-order valence-electron chi connectivity index (χ3n) is 6.18. The van der Waals surface area contributed by atoms with E-state index in [2.05, 4.69) is 5.32 Å². The molecule has 2 saturated heterocycles. The van der Waals surface area contributed by atoms with Crippen LogP contribution in [0.3, 0.4) is 0 Å². The van der Waals surface area contributed by atoms with Crippen molar-refractivity contribution in [3.8, 4) is 0 Å². The maximum absolute atomic E-state index is 12.9. The van der Waals surface area contributed by atoms with Crippen LogP contribution in [0.15, 0.2) is 24.3 Å². The second kappa shape index (κ2) is 10.6. The number of hydrogen-bond donors (Lipinski definition) is 1. The maximum atomic E-state index is 12.9. The van der Waals surface area contributed by atoms with Crippen molar-refractivity contribution in [1.29, 1.82) is 0 Å². The molecule has 1 aromatic carbocycles. The number of esters is 2. The molecule has 0 bridgehead atoms. The highest BCUT2D eigenvalue weighted by Gasteiger charge is 2.45. The minimum atomic E-state index is -0.626. The van der Waals surface area contributed by atoms with Crippen LogP contribution in [0.2, 0.25) is 0 Å². The molecule has 31 heavy (non-hydrogen) atoms. The molecule has 1 N–H and O–H groups in total. The molecule has 2 aliphatic heterocycles. The summed E-state index contributed by atoms with van der Waals surface area (Å²) in [6, 6.07) is 6.42. The molecule has 0 spiro atoms. The first-order valence-corrected chi connectivity index (χ1v) is 11.0. The Balaban J connectivity index is 1.66. The largest absolute Gasteiger partial charge is 0.466 e. The minimum Gasteiger partial charge on any atom is -0.466 e. The average Bonchev–Trinajstić information content (AvgIpc) is 2.80. The molecular formula is C23H32N2O6. The van der Waals surface area contributed by atoms with Crippen LogP contribution in [0.25, 0.3) is 0 Å². The van der Waals surface area contributed by atoms with Gasteiger partial charge in [0.15, 0.2) is 0 Å². The number of likely N-dealkylation sites (tertiary alicyclic amines) is 1. The van der Waals surface area contributed by atoms with Gasteiger partial charge in [-0.3, -0.25) is 4.79 Å². The average molecular weight is 433 g/mol. The van der Waals surface area contributed by atoms with Gasteiger partial charge >= 0.3 is 18.0 Å². The Labute approximate surface area is 183 Å². The summed E-state index contributed by atoms with van der Waals surface area (Å²) in [5.74, 6) is -0.705. The van der Waals surface area contributed by atoms with Gasteiger partial charge in [-0.05, 0) is 57.6 Å². The molecule has 1 atom stereocenters. The van der Waals surface area contributed by atoms with Crippen LogP contribution in [0, 0.1) is 5.41 Å². The first kappa shape index (κ1) is 23.1. The summed E-state index contributed by atoms with van der Waals surface area (Å²) in [6.07, 6.45) is 4.87. The lowest BCUT2D eigenvalue weighted by Crippen LogP contribution is -2.50. The van der Waals surface area contributed by atoms with Crippen molar-refractivity contribution in [2.24, 2.45) is 5.41 Å². The predicted octanol–water partition coefficient (Wildman–Crippen LogP) is 3.61. The zero-order chi connectivity index (χ0) is 22.3. The smallest absolute Gasteiger partial charge is 0.339 e. The number of carbonyl (C=O) groups excluding carboxylic acids is 3. The highest BCUT2D eigenvalue weighted by atomic mass is 16.5. The van der Waals surface area contributed by atoms with Crippen molar-refractivity contribution in [1.82, 2.24) is 4.90 Å². The number of amides is 2. The summed E-state index contributed by atoms with van der Waals surface area (Å²) >= 11 is 0. The number of carbonyl (C=O) groups is 3. The van der Waals surface area contributed by atoms with E-state index in [1.54, 1.807) is 29.2 Å². The second-order valence-electron chi connectivity index (χ2n) is 8.15. The summed E-state index contributed by atoms with van der Waals surface area (Å²) in [4.78, 5) is 39.3. The number of ether oxygens (including phenoxy) is 3. The minimum absolute atomic E-state index is 0.0606. The lowest BCUT2D eigenvalue weighted by Gasteiger charge is -2.42. The first-order chi connectivity index (χ1) is 15.0. The van der Waals surface area contributed by atoms with Crippen LogP contribution in [-0.2, 0) is 19.0 Å². The SMILES string of the molecule is CCOC(=O)C1(C[C@H]2CCCCO2)CCN(C(=O)Nc2ccccc2C(=O)OC)CC1. The summed E-state index contributed by atoms with van der Waals surface area (Å²) < 4.78 is 16.1. The van der Waals surface area contributed by atoms with Crippen LogP contribution in [0.4, 0.5) is 10.5 Å². The van der Waals surface area contributed by atoms with Crippen LogP contribution < -0.4 is 5.32 Å². The standard InChI is InChI=1S/C23H32N2O6/c1-3-30-21(27)23(16-17-8-6-7-15-31-17)11-13-25(14-12-23)22(28)24-19-10-5-4-9-18(19)20(26)29-2/h4-5,9-10,17H,3,6-8,11-16H2,1-2H3,(H,24,28)/t17-/m1/s1. The van der Waals surface area contributed by atoms with Gasteiger partial charge < -0.3 is 24.4 Å². The molecule has 2 amide bonds. The molecule has 0 aliphatic carbocycles. The van der Waals surface area contributed by atoms with E-state index in [9.17, 15) is 14.4 Å². The monoisotopic (exact) mass is 432 g/mol. The molecule has 0 radical (unpaired) electrons. The van der Waals surface area contributed by atoms with E-state index in [0.29, 0.717) is 50.2 Å². The molecule has 2 fully saturated rings. The molecule has 0 aromatic heterocycles. The van der Waals surface area contributed by atoms with Crippen LogP contribution in [-0.4, -0.2) is 62.4 Å². The topological polar surface area (TPSA) is 94.2 Å². The molecule has 8 nitrogen and oxygen atoms in total. The Bertz CT molecular complexity index is 782. The summed E-state index contributed by atoms with van der Waals surface area (Å²) in [6.45, 7) is 3.73. The van der Waals surface area contributed by atoms with Gasteiger partial charge in [-0.15, -0.1) is 0 Å². The number of piperidine rings is 1. The summed E-state index contributed by atoms with van der Waals surface area (Å²) in [5.41, 5.74) is 0.0708. The number of rotatable bonds is 6. The van der Waals surface area contributed by atoms with E-state index in [-0.39, 0.29) is 18.1 Å². The number of para-hydroxylation sites is 1. The zero-order valence-electron chi connectivity index (χ0n) is 18.4. The van der Waals surface area contributed by atoms with E-state index in [0.717, 1.165) is 25.9 Å². The normalized spacial score (nSPS) is 20.6. The molecule has 1 aromatic rings. The molecule has 0 saturated carbocycles. The fourth-order valence-electron chi connectivity index (χ4n) is 4.39. The van der Waals surface area contributed by atoms with Crippen molar-refractivity contribution in [3.05, 3.63) is 29.8 Å². The lowest BCUT2D eigenvalue weighted by molar-refractivity contribution is -0.162. The zero-order valence-corrected chi connectivity index (χ0v) is 18.4. The van der Waals surface area contributed by atoms with Gasteiger partial charge in [0.05, 0.1) is 36.5 Å². The Morgan fingerprint density at radius 1 is 1.19 bits per heavy atom. The molecule has 0 unspecified atom stereocenters. The van der Waals surface area contributed by atoms with Crippen molar-refractivity contribution in [3.63, 3.8) is 0 Å². The van der Waals surface area contributed by atoms with Crippen molar-refractivity contribution >= 4 is 23.7 Å². The molecule has 8 heteroatoms. The highest BCUT2D eigenvalue weighted by molar-refractivity contribution is 6.00. The van der Waals surface area contributed by atoms with Gasteiger partial charge in [0, 0.05) is 19.7 Å². The van der Waals surface area contributed by atoms with E-state index >= 15 is 0 Å².